The Morgan fingerprint density at radius 3 is 2.57 bits per heavy atom. The first kappa shape index (κ1) is 26.2. The minimum absolute atomic E-state index is 0.103. The molecule has 3 aromatic rings. The van der Waals surface area contributed by atoms with Gasteiger partial charge in [-0.2, -0.15) is 0 Å². The van der Waals surface area contributed by atoms with Gasteiger partial charge in [0.2, 0.25) is 5.91 Å². The molecule has 0 bridgehead atoms. The summed E-state index contributed by atoms with van der Waals surface area (Å²) in [5, 5.41) is 6.17. The number of nitrogens with two attached hydrogens (primary N) is 2. The minimum atomic E-state index is -0.409. The van der Waals surface area contributed by atoms with Crippen molar-refractivity contribution in [2.75, 3.05) is 11.1 Å². The van der Waals surface area contributed by atoms with Gasteiger partial charge in [0.1, 0.15) is 12.4 Å². The number of rotatable bonds is 9. The van der Waals surface area contributed by atoms with Gasteiger partial charge in [-0.05, 0) is 50.8 Å². The van der Waals surface area contributed by atoms with E-state index in [2.05, 4.69) is 20.6 Å². The molecule has 1 fully saturated rings. The first-order valence-electron chi connectivity index (χ1n) is 12.3. The molecule has 4 rings (SSSR count). The van der Waals surface area contributed by atoms with E-state index in [1.807, 2.05) is 38.1 Å². The van der Waals surface area contributed by atoms with Crippen LogP contribution in [0.4, 0.5) is 11.5 Å². The second-order valence-electron chi connectivity index (χ2n) is 9.47. The first-order valence-corrected chi connectivity index (χ1v) is 12.7. The molecule has 0 radical (unpaired) electrons. The third-order valence-electron chi connectivity index (χ3n) is 6.17. The van der Waals surface area contributed by atoms with Crippen molar-refractivity contribution in [3.63, 3.8) is 0 Å². The fourth-order valence-electron chi connectivity index (χ4n) is 4.04. The summed E-state index contributed by atoms with van der Waals surface area (Å²) in [7, 11) is 0. The van der Waals surface area contributed by atoms with Gasteiger partial charge in [-0.15, -0.1) is 0 Å². The fraction of sp³-hybridized carbons (Fsp3) is 0.333. The summed E-state index contributed by atoms with van der Waals surface area (Å²) < 4.78 is 1.35. The van der Waals surface area contributed by atoms with Crippen LogP contribution in [0.3, 0.4) is 0 Å². The number of halogens is 1. The van der Waals surface area contributed by atoms with Crippen molar-refractivity contribution in [1.29, 1.82) is 0 Å². The average Bonchev–Trinajstić information content (AvgIpc) is 2.82. The Kier molecular flexibility index (Phi) is 8.13. The number of nitrogens with zero attached hydrogens (tertiary/aromatic N) is 3. The van der Waals surface area contributed by atoms with Gasteiger partial charge in [0, 0.05) is 35.4 Å². The number of aliphatic imine (C=N–C) groups is 1. The maximum atomic E-state index is 13.4. The highest BCUT2D eigenvalue weighted by Crippen LogP contribution is 2.29. The quantitative estimate of drug-likeness (QED) is 0.193. The van der Waals surface area contributed by atoms with Crippen LogP contribution >= 0.6 is 11.6 Å². The van der Waals surface area contributed by atoms with Crippen LogP contribution in [-0.4, -0.2) is 33.4 Å². The van der Waals surface area contributed by atoms with E-state index in [-0.39, 0.29) is 42.1 Å². The van der Waals surface area contributed by atoms with E-state index < -0.39 is 5.56 Å². The van der Waals surface area contributed by atoms with E-state index in [1.165, 1.54) is 4.57 Å². The largest absolute Gasteiger partial charge is 0.399 e. The lowest BCUT2D eigenvalue weighted by atomic mass is 9.93. The highest BCUT2D eigenvalue weighted by Gasteiger charge is 2.23. The number of anilines is 2. The van der Waals surface area contributed by atoms with E-state index in [4.69, 9.17) is 23.1 Å². The number of nitrogens with one attached hydrogen (secondary N) is 2. The minimum Gasteiger partial charge on any atom is -0.399 e. The molecule has 1 aromatic heterocycles. The van der Waals surface area contributed by atoms with E-state index in [0.717, 1.165) is 30.4 Å². The van der Waals surface area contributed by atoms with Crippen LogP contribution in [0, 0.1) is 0 Å². The zero-order valence-electron chi connectivity index (χ0n) is 21.0. The van der Waals surface area contributed by atoms with E-state index in [9.17, 15) is 9.59 Å². The maximum Gasteiger partial charge on any atom is 0.294 e. The molecule has 0 spiro atoms. The van der Waals surface area contributed by atoms with Gasteiger partial charge in [-0.25, -0.2) is 4.98 Å². The number of hydrogen-bond donors (Lipinski definition) is 4. The zero-order valence-corrected chi connectivity index (χ0v) is 21.8. The molecule has 1 aliphatic rings. The summed E-state index contributed by atoms with van der Waals surface area (Å²) in [5.74, 6) is 0.278. The smallest absolute Gasteiger partial charge is 0.294 e. The lowest BCUT2D eigenvalue weighted by Crippen LogP contribution is -2.37. The van der Waals surface area contributed by atoms with Crippen LogP contribution < -0.4 is 27.7 Å². The first-order chi connectivity index (χ1) is 17.7. The van der Waals surface area contributed by atoms with Crippen molar-refractivity contribution < 1.29 is 4.79 Å². The molecule has 1 heterocycles. The monoisotopic (exact) mass is 521 g/mol. The van der Waals surface area contributed by atoms with Gasteiger partial charge in [-0.3, -0.25) is 19.1 Å². The van der Waals surface area contributed by atoms with Gasteiger partial charge in [0.15, 0.2) is 11.0 Å². The molecule has 9 nitrogen and oxygen atoms in total. The SMILES string of the molecule is CC(C)N=C(N)c1ccc(CNC(=O)Cn2c(-c3cccc(N)c3)c(Cl)nc(NC3CCC3)c2=O)cc1. The molecule has 0 unspecified atom stereocenters. The number of carbonyl (C=O) groups is 1. The van der Waals surface area contributed by atoms with Crippen LogP contribution in [0.2, 0.25) is 5.15 Å². The number of aromatic nitrogens is 2. The number of nitrogen functional groups attached to an aromatic ring is 1. The molecule has 0 saturated heterocycles. The summed E-state index contributed by atoms with van der Waals surface area (Å²) in [5.41, 5.74) is 14.7. The van der Waals surface area contributed by atoms with Crippen molar-refractivity contribution in [3.05, 3.63) is 75.2 Å². The molecule has 1 aliphatic carbocycles. The van der Waals surface area contributed by atoms with Gasteiger partial charge in [0.05, 0.1) is 5.69 Å². The maximum absolute atomic E-state index is 13.4. The highest BCUT2D eigenvalue weighted by atomic mass is 35.5. The van der Waals surface area contributed by atoms with Crippen LogP contribution in [0.1, 0.15) is 44.2 Å². The topological polar surface area (TPSA) is 140 Å². The lowest BCUT2D eigenvalue weighted by Gasteiger charge is -2.27. The predicted octanol–water partition coefficient (Wildman–Crippen LogP) is 3.54. The van der Waals surface area contributed by atoms with Gasteiger partial charge >= 0.3 is 0 Å². The highest BCUT2D eigenvalue weighted by molar-refractivity contribution is 6.32. The number of amides is 1. The second kappa shape index (κ2) is 11.5. The summed E-state index contributed by atoms with van der Waals surface area (Å²) in [6, 6.07) is 14.8. The zero-order chi connectivity index (χ0) is 26.5. The predicted molar refractivity (Wildman–Crippen MR) is 149 cm³/mol. The van der Waals surface area contributed by atoms with Gasteiger partial charge in [0.25, 0.3) is 5.56 Å². The van der Waals surface area contributed by atoms with Crippen LogP contribution in [0.5, 0.6) is 0 Å². The Bertz CT molecular complexity index is 1360. The van der Waals surface area contributed by atoms with Crippen molar-refractivity contribution in [3.8, 4) is 11.3 Å². The summed E-state index contributed by atoms with van der Waals surface area (Å²) in [4.78, 5) is 35.1. The number of hydrogen-bond acceptors (Lipinski definition) is 6. The number of benzene rings is 2. The van der Waals surface area contributed by atoms with Crippen molar-refractivity contribution >= 4 is 34.8 Å². The molecule has 10 heteroatoms. The lowest BCUT2D eigenvalue weighted by molar-refractivity contribution is -0.121. The summed E-state index contributed by atoms with van der Waals surface area (Å²) >= 11 is 6.56. The Morgan fingerprint density at radius 2 is 1.95 bits per heavy atom. The molecular weight excluding hydrogens is 490 g/mol. The molecule has 1 saturated carbocycles. The Labute approximate surface area is 221 Å². The number of carbonyl (C=O) groups excluding carboxylic acids is 1. The Hall–Kier alpha value is -3.85. The Morgan fingerprint density at radius 1 is 1.22 bits per heavy atom. The van der Waals surface area contributed by atoms with Crippen molar-refractivity contribution in [1.82, 2.24) is 14.9 Å². The van der Waals surface area contributed by atoms with E-state index >= 15 is 0 Å². The normalized spacial score (nSPS) is 13.9. The molecule has 6 N–H and O–H groups in total. The molecule has 37 heavy (non-hydrogen) atoms. The van der Waals surface area contributed by atoms with Crippen molar-refractivity contribution in [2.45, 2.75) is 58.3 Å². The third-order valence-corrected chi connectivity index (χ3v) is 6.43. The molecule has 0 aliphatic heterocycles. The fourth-order valence-corrected chi connectivity index (χ4v) is 4.33. The van der Waals surface area contributed by atoms with Crippen LogP contribution in [-0.2, 0) is 17.9 Å². The molecule has 0 atom stereocenters. The van der Waals surface area contributed by atoms with E-state index in [0.29, 0.717) is 22.8 Å². The molecule has 194 valence electrons. The Balaban J connectivity index is 1.55. The second-order valence-corrected chi connectivity index (χ2v) is 9.83. The van der Waals surface area contributed by atoms with Crippen molar-refractivity contribution in [2.24, 2.45) is 10.7 Å². The third kappa shape index (κ3) is 6.48. The molecule has 2 aromatic carbocycles. The summed E-state index contributed by atoms with van der Waals surface area (Å²) in [6.07, 6.45) is 3.02. The molecular formula is C27H32ClN7O2. The van der Waals surface area contributed by atoms with E-state index in [1.54, 1.807) is 24.3 Å². The summed E-state index contributed by atoms with van der Waals surface area (Å²) in [6.45, 7) is 3.98. The van der Waals surface area contributed by atoms with Crippen LogP contribution in [0.25, 0.3) is 11.3 Å². The van der Waals surface area contributed by atoms with Crippen LogP contribution in [0.15, 0.2) is 58.3 Å². The average molecular weight is 522 g/mol. The van der Waals surface area contributed by atoms with Gasteiger partial charge in [-0.1, -0.05) is 48.0 Å². The number of amidine groups is 1. The molecule has 1 amide bonds. The standard InChI is InChI=1S/C27H32ClN7O2/c1-16(2)32-25(30)18-11-9-17(10-12-18)14-31-22(36)15-35-23(19-5-3-6-20(29)13-19)24(28)34-26(27(35)37)33-21-7-4-8-21/h3,5-6,9-13,16,21H,4,7-8,14-15,29H2,1-2H3,(H2,30,32)(H,31,36)(H,33,34). The van der Waals surface area contributed by atoms with Gasteiger partial charge < -0.3 is 22.1 Å².